The van der Waals surface area contributed by atoms with Gasteiger partial charge in [-0.25, -0.2) is 4.98 Å². The molecular weight excluding hydrogens is 212 g/mol. The topological polar surface area (TPSA) is 53.4 Å². The predicted molar refractivity (Wildman–Crippen MR) is 58.0 cm³/mol. The number of carbonyl (C=O) groups is 1. The zero-order valence-electron chi connectivity index (χ0n) is 8.64. The molecule has 1 N–H and O–H groups in total. The number of carbonyl (C=O) groups excluding carboxylic acids is 1. The van der Waals surface area contributed by atoms with Crippen molar-refractivity contribution in [3.05, 3.63) is 16.1 Å². The standard InChI is InChI=1S/C10H14N2O2S/c1-7-11-9(6-15-7)10(14)12(4-5-13)8-2-3-8/h6,8,13H,2-5H2,1H3. The van der Waals surface area contributed by atoms with Crippen LogP contribution in [0.2, 0.25) is 0 Å². The van der Waals surface area contributed by atoms with Crippen molar-refractivity contribution in [2.45, 2.75) is 25.8 Å². The molecule has 5 heteroatoms. The number of aryl methyl sites for hydroxylation is 1. The van der Waals surface area contributed by atoms with Crippen LogP contribution in [-0.4, -0.2) is 40.1 Å². The zero-order valence-corrected chi connectivity index (χ0v) is 9.46. The van der Waals surface area contributed by atoms with Gasteiger partial charge in [-0.2, -0.15) is 0 Å². The van der Waals surface area contributed by atoms with Gasteiger partial charge in [0.1, 0.15) is 5.69 Å². The lowest BCUT2D eigenvalue weighted by atomic mass is 10.3. The molecule has 0 spiro atoms. The van der Waals surface area contributed by atoms with Gasteiger partial charge in [0.15, 0.2) is 0 Å². The highest BCUT2D eigenvalue weighted by Crippen LogP contribution is 2.28. The molecule has 15 heavy (non-hydrogen) atoms. The summed E-state index contributed by atoms with van der Waals surface area (Å²) in [5.74, 6) is -0.0455. The maximum atomic E-state index is 12.0. The molecule has 1 aliphatic carbocycles. The summed E-state index contributed by atoms with van der Waals surface area (Å²) in [6.07, 6.45) is 2.10. The fourth-order valence-electron chi connectivity index (χ4n) is 1.55. The average Bonchev–Trinajstić information content (AvgIpc) is 2.96. The van der Waals surface area contributed by atoms with Gasteiger partial charge in [0.25, 0.3) is 5.91 Å². The van der Waals surface area contributed by atoms with E-state index in [2.05, 4.69) is 4.98 Å². The number of thiazole rings is 1. The molecule has 1 heterocycles. The molecule has 1 aromatic heterocycles. The SMILES string of the molecule is Cc1nc(C(=O)N(CCO)C2CC2)cs1. The van der Waals surface area contributed by atoms with Crippen LogP contribution in [-0.2, 0) is 0 Å². The molecule has 4 nitrogen and oxygen atoms in total. The maximum Gasteiger partial charge on any atom is 0.273 e. The van der Waals surface area contributed by atoms with Gasteiger partial charge in [0.05, 0.1) is 11.6 Å². The van der Waals surface area contributed by atoms with E-state index in [1.165, 1.54) is 11.3 Å². The van der Waals surface area contributed by atoms with Crippen molar-refractivity contribution < 1.29 is 9.90 Å². The monoisotopic (exact) mass is 226 g/mol. The Morgan fingerprint density at radius 2 is 2.47 bits per heavy atom. The minimum atomic E-state index is -0.0455. The van der Waals surface area contributed by atoms with E-state index in [1.54, 1.807) is 10.3 Å². The Morgan fingerprint density at radius 3 is 2.93 bits per heavy atom. The second-order valence-electron chi connectivity index (χ2n) is 3.71. The Balaban J connectivity index is 2.10. The maximum absolute atomic E-state index is 12.0. The molecule has 0 aromatic carbocycles. The van der Waals surface area contributed by atoms with Gasteiger partial charge in [-0.15, -0.1) is 11.3 Å². The highest BCUT2D eigenvalue weighted by Gasteiger charge is 2.33. The summed E-state index contributed by atoms with van der Waals surface area (Å²) in [5, 5.41) is 11.6. The van der Waals surface area contributed by atoms with Crippen molar-refractivity contribution in [2.75, 3.05) is 13.2 Å². The van der Waals surface area contributed by atoms with Gasteiger partial charge >= 0.3 is 0 Å². The van der Waals surface area contributed by atoms with Crippen molar-refractivity contribution >= 4 is 17.2 Å². The van der Waals surface area contributed by atoms with Crippen molar-refractivity contribution in [3.8, 4) is 0 Å². The van der Waals surface area contributed by atoms with Crippen LogP contribution in [0.1, 0.15) is 28.3 Å². The summed E-state index contributed by atoms with van der Waals surface area (Å²) in [7, 11) is 0. The van der Waals surface area contributed by atoms with Gasteiger partial charge in [0.2, 0.25) is 0 Å². The molecule has 0 atom stereocenters. The molecular formula is C10H14N2O2S. The fraction of sp³-hybridized carbons (Fsp3) is 0.600. The zero-order chi connectivity index (χ0) is 10.8. The van der Waals surface area contributed by atoms with Gasteiger partial charge in [-0.1, -0.05) is 0 Å². The van der Waals surface area contributed by atoms with Gasteiger partial charge < -0.3 is 10.0 Å². The second kappa shape index (κ2) is 4.28. The number of aliphatic hydroxyl groups excluding tert-OH is 1. The van der Waals surface area contributed by atoms with Crippen molar-refractivity contribution in [1.82, 2.24) is 9.88 Å². The Hall–Kier alpha value is -0.940. The summed E-state index contributed by atoms with van der Waals surface area (Å²) in [6.45, 7) is 2.32. The number of hydrogen-bond donors (Lipinski definition) is 1. The minimum absolute atomic E-state index is 0.0192. The third-order valence-corrected chi connectivity index (χ3v) is 3.20. The molecule has 0 bridgehead atoms. The quantitative estimate of drug-likeness (QED) is 0.835. The first-order chi connectivity index (χ1) is 7.22. The first-order valence-corrected chi connectivity index (χ1v) is 5.94. The first kappa shape index (κ1) is 10.6. The molecule has 2 rings (SSSR count). The van der Waals surface area contributed by atoms with E-state index in [0.717, 1.165) is 17.8 Å². The minimum Gasteiger partial charge on any atom is -0.395 e. The normalized spacial score (nSPS) is 15.3. The molecule has 0 aliphatic heterocycles. The van der Waals surface area contributed by atoms with Gasteiger partial charge in [-0.3, -0.25) is 4.79 Å². The van der Waals surface area contributed by atoms with Crippen molar-refractivity contribution in [1.29, 1.82) is 0 Å². The number of hydrogen-bond acceptors (Lipinski definition) is 4. The van der Waals surface area contributed by atoms with E-state index in [4.69, 9.17) is 5.11 Å². The van der Waals surface area contributed by atoms with Crippen LogP contribution in [0.3, 0.4) is 0 Å². The highest BCUT2D eigenvalue weighted by molar-refractivity contribution is 7.09. The third kappa shape index (κ3) is 2.35. The summed E-state index contributed by atoms with van der Waals surface area (Å²) < 4.78 is 0. The Labute approximate surface area is 92.6 Å². The molecule has 1 saturated carbocycles. The van der Waals surface area contributed by atoms with Crippen LogP contribution in [0.5, 0.6) is 0 Å². The fourth-order valence-corrected chi connectivity index (χ4v) is 2.14. The number of nitrogens with zero attached hydrogens (tertiary/aromatic N) is 2. The average molecular weight is 226 g/mol. The molecule has 1 amide bonds. The van der Waals surface area contributed by atoms with Crippen LogP contribution in [0.4, 0.5) is 0 Å². The van der Waals surface area contributed by atoms with Gasteiger partial charge in [-0.05, 0) is 19.8 Å². The van der Waals surface area contributed by atoms with E-state index in [9.17, 15) is 4.79 Å². The summed E-state index contributed by atoms with van der Waals surface area (Å²) in [5.41, 5.74) is 0.512. The van der Waals surface area contributed by atoms with E-state index in [0.29, 0.717) is 18.3 Å². The second-order valence-corrected chi connectivity index (χ2v) is 4.77. The van der Waals surface area contributed by atoms with Crippen molar-refractivity contribution in [2.24, 2.45) is 0 Å². The summed E-state index contributed by atoms with van der Waals surface area (Å²) in [6, 6.07) is 0.326. The molecule has 1 aromatic rings. The van der Waals surface area contributed by atoms with Crippen LogP contribution in [0.25, 0.3) is 0 Å². The third-order valence-electron chi connectivity index (χ3n) is 2.43. The van der Waals surface area contributed by atoms with Crippen LogP contribution < -0.4 is 0 Å². The van der Waals surface area contributed by atoms with E-state index >= 15 is 0 Å². The highest BCUT2D eigenvalue weighted by atomic mass is 32.1. The lowest BCUT2D eigenvalue weighted by Gasteiger charge is -2.19. The molecule has 0 unspecified atom stereocenters. The lowest BCUT2D eigenvalue weighted by Crippen LogP contribution is -2.35. The Morgan fingerprint density at radius 1 is 1.73 bits per heavy atom. The molecule has 1 aliphatic rings. The van der Waals surface area contributed by atoms with Crippen LogP contribution in [0, 0.1) is 6.92 Å². The smallest absolute Gasteiger partial charge is 0.273 e. The number of aliphatic hydroxyl groups is 1. The first-order valence-electron chi connectivity index (χ1n) is 5.06. The van der Waals surface area contributed by atoms with E-state index in [-0.39, 0.29) is 12.5 Å². The Bertz CT molecular complexity index is 360. The molecule has 0 saturated heterocycles. The number of aromatic nitrogens is 1. The lowest BCUT2D eigenvalue weighted by molar-refractivity contribution is 0.0702. The number of rotatable bonds is 4. The summed E-state index contributed by atoms with van der Waals surface area (Å²) in [4.78, 5) is 17.9. The number of amides is 1. The van der Waals surface area contributed by atoms with Crippen LogP contribution in [0.15, 0.2) is 5.38 Å². The predicted octanol–water partition coefficient (Wildman–Crippen LogP) is 1.05. The van der Waals surface area contributed by atoms with E-state index < -0.39 is 0 Å². The van der Waals surface area contributed by atoms with E-state index in [1.807, 2.05) is 6.92 Å². The van der Waals surface area contributed by atoms with Crippen molar-refractivity contribution in [3.63, 3.8) is 0 Å². The largest absolute Gasteiger partial charge is 0.395 e. The Kier molecular flexibility index (Phi) is 3.02. The van der Waals surface area contributed by atoms with Crippen LogP contribution >= 0.6 is 11.3 Å². The van der Waals surface area contributed by atoms with Gasteiger partial charge in [0, 0.05) is 18.0 Å². The molecule has 82 valence electrons. The molecule has 0 radical (unpaired) electrons. The summed E-state index contributed by atoms with van der Waals surface area (Å²) >= 11 is 1.48. The molecule has 1 fully saturated rings.